The molecule has 0 fully saturated rings. The zero-order valence-electron chi connectivity index (χ0n) is 10.0. The van der Waals surface area contributed by atoms with Crippen LogP contribution < -0.4 is 5.73 Å². The second-order valence-corrected chi connectivity index (χ2v) is 4.52. The molecular weight excluding hydrogens is 176 g/mol. The van der Waals surface area contributed by atoms with Crippen molar-refractivity contribution in [3.8, 4) is 0 Å². The monoisotopic (exact) mass is 202 g/mol. The third-order valence-electron chi connectivity index (χ3n) is 2.57. The van der Waals surface area contributed by atoms with Crippen LogP contribution in [0.2, 0.25) is 0 Å². The predicted octanol–water partition coefficient (Wildman–Crippen LogP) is 1.06. The number of nitrogens with zero attached hydrogens (tertiary/aromatic N) is 1. The molecule has 3 heteroatoms. The van der Waals surface area contributed by atoms with Crippen molar-refractivity contribution in [2.45, 2.75) is 45.7 Å². The number of aliphatic hydroxyl groups is 1. The summed E-state index contributed by atoms with van der Waals surface area (Å²) in [5, 5.41) is 9.28. The molecule has 0 aromatic rings. The standard InChI is InChI=1S/C11H26N2O/c1-5-6-13(4)11(8-14)10(12)7-9(2)3/h9-11,14H,5-8,12H2,1-4H3. The molecule has 2 unspecified atom stereocenters. The molecule has 0 aromatic carbocycles. The van der Waals surface area contributed by atoms with Gasteiger partial charge in [0.25, 0.3) is 0 Å². The van der Waals surface area contributed by atoms with E-state index < -0.39 is 0 Å². The molecule has 86 valence electrons. The van der Waals surface area contributed by atoms with Crippen LogP contribution >= 0.6 is 0 Å². The van der Waals surface area contributed by atoms with E-state index in [0.29, 0.717) is 5.92 Å². The second kappa shape index (κ2) is 7.21. The van der Waals surface area contributed by atoms with Crippen LogP contribution in [0.3, 0.4) is 0 Å². The maximum atomic E-state index is 9.28. The van der Waals surface area contributed by atoms with Crippen LogP contribution in [-0.2, 0) is 0 Å². The molecule has 0 saturated heterocycles. The number of hydrogen-bond acceptors (Lipinski definition) is 3. The molecule has 0 spiro atoms. The Bertz CT molecular complexity index is 139. The Morgan fingerprint density at radius 3 is 2.29 bits per heavy atom. The van der Waals surface area contributed by atoms with Crippen LogP contribution in [0, 0.1) is 5.92 Å². The van der Waals surface area contributed by atoms with E-state index in [-0.39, 0.29) is 18.7 Å². The van der Waals surface area contributed by atoms with E-state index in [2.05, 4.69) is 25.7 Å². The zero-order chi connectivity index (χ0) is 11.1. The Morgan fingerprint density at radius 2 is 1.93 bits per heavy atom. The normalized spacial score (nSPS) is 16.3. The van der Waals surface area contributed by atoms with Gasteiger partial charge in [0.05, 0.1) is 6.61 Å². The van der Waals surface area contributed by atoms with Crippen molar-refractivity contribution >= 4 is 0 Å². The topological polar surface area (TPSA) is 49.5 Å². The molecular formula is C11H26N2O. The van der Waals surface area contributed by atoms with E-state index in [4.69, 9.17) is 5.73 Å². The van der Waals surface area contributed by atoms with Gasteiger partial charge < -0.3 is 10.8 Å². The fourth-order valence-corrected chi connectivity index (χ4v) is 1.82. The summed E-state index contributed by atoms with van der Waals surface area (Å²) in [6.07, 6.45) is 2.07. The SMILES string of the molecule is CCCN(C)C(CO)C(N)CC(C)C. The second-order valence-electron chi connectivity index (χ2n) is 4.52. The Morgan fingerprint density at radius 1 is 1.36 bits per heavy atom. The van der Waals surface area contributed by atoms with Crippen molar-refractivity contribution in [1.29, 1.82) is 0 Å². The molecule has 0 radical (unpaired) electrons. The molecule has 2 atom stereocenters. The molecule has 0 rings (SSSR count). The summed E-state index contributed by atoms with van der Waals surface area (Å²) < 4.78 is 0. The van der Waals surface area contributed by atoms with E-state index in [0.717, 1.165) is 19.4 Å². The van der Waals surface area contributed by atoms with Crippen LogP contribution in [0.1, 0.15) is 33.6 Å². The Balaban J connectivity index is 4.09. The minimum absolute atomic E-state index is 0.0801. The maximum absolute atomic E-state index is 9.28. The molecule has 0 aliphatic heterocycles. The van der Waals surface area contributed by atoms with Gasteiger partial charge in [-0.3, -0.25) is 4.90 Å². The smallest absolute Gasteiger partial charge is 0.0601 e. The van der Waals surface area contributed by atoms with Crippen molar-refractivity contribution in [2.75, 3.05) is 20.2 Å². The van der Waals surface area contributed by atoms with Crippen LogP contribution in [0.25, 0.3) is 0 Å². The van der Waals surface area contributed by atoms with Gasteiger partial charge in [0, 0.05) is 12.1 Å². The van der Waals surface area contributed by atoms with Gasteiger partial charge in [0.15, 0.2) is 0 Å². The largest absolute Gasteiger partial charge is 0.395 e. The van der Waals surface area contributed by atoms with Gasteiger partial charge in [-0.25, -0.2) is 0 Å². The Kier molecular flexibility index (Phi) is 7.15. The Hall–Kier alpha value is -0.120. The van der Waals surface area contributed by atoms with E-state index in [9.17, 15) is 5.11 Å². The van der Waals surface area contributed by atoms with E-state index in [1.165, 1.54) is 0 Å². The quantitative estimate of drug-likeness (QED) is 0.649. The van der Waals surface area contributed by atoms with Crippen molar-refractivity contribution in [1.82, 2.24) is 4.90 Å². The summed E-state index contributed by atoms with van der Waals surface area (Å²) in [5.41, 5.74) is 6.06. The first kappa shape index (κ1) is 13.9. The van der Waals surface area contributed by atoms with Gasteiger partial charge in [0.1, 0.15) is 0 Å². The van der Waals surface area contributed by atoms with Gasteiger partial charge in [-0.15, -0.1) is 0 Å². The first-order chi connectivity index (χ1) is 6.52. The lowest BCUT2D eigenvalue weighted by Crippen LogP contribution is -2.49. The summed E-state index contributed by atoms with van der Waals surface area (Å²) in [6, 6.07) is 0.189. The molecule has 0 heterocycles. The number of likely N-dealkylation sites (N-methyl/N-ethyl adjacent to an activating group) is 1. The van der Waals surface area contributed by atoms with Crippen molar-refractivity contribution in [3.63, 3.8) is 0 Å². The fraction of sp³-hybridized carbons (Fsp3) is 1.00. The van der Waals surface area contributed by atoms with Crippen molar-refractivity contribution in [2.24, 2.45) is 11.7 Å². The van der Waals surface area contributed by atoms with Gasteiger partial charge in [-0.05, 0) is 32.4 Å². The average molecular weight is 202 g/mol. The van der Waals surface area contributed by atoms with E-state index in [1.54, 1.807) is 0 Å². The molecule has 3 nitrogen and oxygen atoms in total. The molecule has 0 aliphatic carbocycles. The summed E-state index contributed by atoms with van der Waals surface area (Å²) in [4.78, 5) is 2.16. The molecule has 14 heavy (non-hydrogen) atoms. The molecule has 0 bridgehead atoms. The molecule has 0 saturated carbocycles. The highest BCUT2D eigenvalue weighted by molar-refractivity contribution is 4.80. The van der Waals surface area contributed by atoms with Crippen LogP contribution in [-0.4, -0.2) is 42.3 Å². The van der Waals surface area contributed by atoms with Crippen molar-refractivity contribution < 1.29 is 5.11 Å². The Labute approximate surface area is 88.3 Å². The number of rotatable bonds is 7. The molecule has 0 aromatic heterocycles. The molecule has 0 aliphatic rings. The van der Waals surface area contributed by atoms with E-state index >= 15 is 0 Å². The third kappa shape index (κ3) is 4.94. The third-order valence-corrected chi connectivity index (χ3v) is 2.57. The van der Waals surface area contributed by atoms with Gasteiger partial charge in [-0.1, -0.05) is 20.8 Å². The zero-order valence-corrected chi connectivity index (χ0v) is 10.0. The predicted molar refractivity (Wildman–Crippen MR) is 61.2 cm³/mol. The summed E-state index contributed by atoms with van der Waals surface area (Å²) in [5.74, 6) is 0.592. The summed E-state index contributed by atoms with van der Waals surface area (Å²) >= 11 is 0. The lowest BCUT2D eigenvalue weighted by molar-refractivity contribution is 0.120. The first-order valence-corrected chi connectivity index (χ1v) is 5.59. The van der Waals surface area contributed by atoms with Gasteiger partial charge in [0.2, 0.25) is 0 Å². The minimum atomic E-state index is 0.0801. The maximum Gasteiger partial charge on any atom is 0.0601 e. The highest BCUT2D eigenvalue weighted by Crippen LogP contribution is 2.10. The minimum Gasteiger partial charge on any atom is -0.395 e. The van der Waals surface area contributed by atoms with Gasteiger partial charge >= 0.3 is 0 Å². The fourth-order valence-electron chi connectivity index (χ4n) is 1.82. The van der Waals surface area contributed by atoms with Crippen LogP contribution in [0.5, 0.6) is 0 Å². The highest BCUT2D eigenvalue weighted by atomic mass is 16.3. The lowest BCUT2D eigenvalue weighted by Gasteiger charge is -2.31. The number of aliphatic hydroxyl groups excluding tert-OH is 1. The average Bonchev–Trinajstić information content (AvgIpc) is 2.04. The summed E-state index contributed by atoms with van der Waals surface area (Å²) in [7, 11) is 2.03. The number of nitrogens with two attached hydrogens (primary N) is 1. The van der Waals surface area contributed by atoms with Crippen molar-refractivity contribution in [3.05, 3.63) is 0 Å². The highest BCUT2D eigenvalue weighted by Gasteiger charge is 2.21. The molecule has 0 amide bonds. The molecule has 3 N–H and O–H groups in total. The van der Waals surface area contributed by atoms with Gasteiger partial charge in [-0.2, -0.15) is 0 Å². The number of hydrogen-bond donors (Lipinski definition) is 2. The summed E-state index contributed by atoms with van der Waals surface area (Å²) in [6.45, 7) is 7.61. The van der Waals surface area contributed by atoms with E-state index in [1.807, 2.05) is 7.05 Å². The van der Waals surface area contributed by atoms with Crippen LogP contribution in [0.15, 0.2) is 0 Å². The van der Waals surface area contributed by atoms with Crippen LogP contribution in [0.4, 0.5) is 0 Å². The first-order valence-electron chi connectivity index (χ1n) is 5.59. The lowest BCUT2D eigenvalue weighted by atomic mass is 9.98.